The van der Waals surface area contributed by atoms with Crippen molar-refractivity contribution in [1.29, 1.82) is 0 Å². The van der Waals surface area contributed by atoms with Crippen molar-refractivity contribution >= 4 is 18.1 Å². The topological polar surface area (TPSA) is 63.2 Å². The summed E-state index contributed by atoms with van der Waals surface area (Å²) in [6, 6.07) is 8.18. The molecule has 0 fully saturated rings. The molecule has 66 valence electrons. The Morgan fingerprint density at radius 1 is 1.15 bits per heavy atom. The first kappa shape index (κ1) is 9.12. The van der Waals surface area contributed by atoms with Crippen LogP contribution >= 0.6 is 0 Å². The van der Waals surface area contributed by atoms with E-state index in [9.17, 15) is 14.4 Å². The summed E-state index contributed by atoms with van der Waals surface area (Å²) in [6.07, 6.45) is 0.0564. The average Bonchev–Trinajstić information content (AvgIpc) is 2.19. The van der Waals surface area contributed by atoms with Gasteiger partial charge < -0.3 is 0 Å². The minimum Gasteiger partial charge on any atom is -0.292 e. The molecule has 0 radical (unpaired) electrons. The van der Waals surface area contributed by atoms with Gasteiger partial charge in [-0.1, -0.05) is 18.2 Å². The van der Waals surface area contributed by atoms with Crippen LogP contribution in [0.5, 0.6) is 0 Å². The summed E-state index contributed by atoms with van der Waals surface area (Å²) >= 11 is 0. The maximum Gasteiger partial charge on any atom is 0.290 e. The van der Waals surface area contributed by atoms with E-state index in [1.54, 1.807) is 30.3 Å². The molecule has 4 heteroatoms. The third-order valence-corrected chi connectivity index (χ3v) is 1.38. The van der Waals surface area contributed by atoms with Gasteiger partial charge in [-0.2, -0.15) is 0 Å². The molecule has 13 heavy (non-hydrogen) atoms. The highest BCUT2D eigenvalue weighted by molar-refractivity contribution is 6.29. The zero-order chi connectivity index (χ0) is 9.68. The van der Waals surface area contributed by atoms with E-state index in [2.05, 4.69) is 0 Å². The lowest BCUT2D eigenvalue weighted by molar-refractivity contribution is -0.130. The van der Waals surface area contributed by atoms with E-state index in [0.717, 1.165) is 0 Å². The van der Waals surface area contributed by atoms with Crippen LogP contribution in [0.15, 0.2) is 30.3 Å². The van der Waals surface area contributed by atoms with E-state index in [-0.39, 0.29) is 6.29 Å². The summed E-state index contributed by atoms with van der Waals surface area (Å²) in [7, 11) is 0. The van der Waals surface area contributed by atoms with E-state index in [1.165, 1.54) is 0 Å². The van der Waals surface area contributed by atoms with Crippen LogP contribution in [0.2, 0.25) is 0 Å². The third-order valence-electron chi connectivity index (χ3n) is 1.38. The van der Waals surface area contributed by atoms with Crippen LogP contribution < -0.4 is 5.32 Å². The molecule has 0 saturated heterocycles. The third kappa shape index (κ3) is 2.52. The van der Waals surface area contributed by atoms with Crippen molar-refractivity contribution in [1.82, 2.24) is 5.32 Å². The SMILES string of the molecule is O=CC(=O)NC(=O)c1ccccc1. The van der Waals surface area contributed by atoms with Gasteiger partial charge in [0.15, 0.2) is 0 Å². The molecule has 0 aliphatic rings. The Bertz CT molecular complexity index is 332. The van der Waals surface area contributed by atoms with E-state index in [1.807, 2.05) is 5.32 Å². The Labute approximate surface area is 74.6 Å². The summed E-state index contributed by atoms with van der Waals surface area (Å²) in [5, 5.41) is 1.90. The monoisotopic (exact) mass is 177 g/mol. The van der Waals surface area contributed by atoms with Crippen LogP contribution in [0.3, 0.4) is 0 Å². The molecule has 0 atom stereocenters. The van der Waals surface area contributed by atoms with Gasteiger partial charge in [0, 0.05) is 5.56 Å². The van der Waals surface area contributed by atoms with Crippen molar-refractivity contribution in [2.45, 2.75) is 0 Å². The molecule has 1 aromatic carbocycles. The summed E-state index contributed by atoms with van der Waals surface area (Å²) in [5.74, 6) is -1.51. The van der Waals surface area contributed by atoms with Gasteiger partial charge in [-0.05, 0) is 12.1 Å². The second-order valence-electron chi connectivity index (χ2n) is 2.30. The van der Waals surface area contributed by atoms with Gasteiger partial charge in [0.1, 0.15) is 0 Å². The summed E-state index contributed by atoms with van der Waals surface area (Å²) in [4.78, 5) is 31.5. The summed E-state index contributed by atoms with van der Waals surface area (Å²) in [6.45, 7) is 0. The first-order valence-electron chi connectivity index (χ1n) is 3.59. The van der Waals surface area contributed by atoms with Crippen molar-refractivity contribution in [3.8, 4) is 0 Å². The summed E-state index contributed by atoms with van der Waals surface area (Å²) in [5.41, 5.74) is 0.345. The highest BCUT2D eigenvalue weighted by atomic mass is 16.2. The number of carbonyl (C=O) groups is 3. The highest BCUT2D eigenvalue weighted by Gasteiger charge is 2.07. The van der Waals surface area contributed by atoms with Crippen molar-refractivity contribution in [3.05, 3.63) is 35.9 Å². The number of amides is 2. The maximum atomic E-state index is 11.1. The second-order valence-corrected chi connectivity index (χ2v) is 2.30. The lowest BCUT2D eigenvalue weighted by Crippen LogP contribution is -2.30. The smallest absolute Gasteiger partial charge is 0.290 e. The Hall–Kier alpha value is -1.97. The van der Waals surface area contributed by atoms with Crippen LogP contribution in [0.25, 0.3) is 0 Å². The van der Waals surface area contributed by atoms with Gasteiger partial charge in [0.2, 0.25) is 6.29 Å². The number of hydrogen-bond donors (Lipinski definition) is 1. The Morgan fingerprint density at radius 3 is 2.31 bits per heavy atom. The molecule has 1 aromatic rings. The van der Waals surface area contributed by atoms with E-state index in [4.69, 9.17) is 0 Å². The van der Waals surface area contributed by atoms with Crippen molar-refractivity contribution in [3.63, 3.8) is 0 Å². The molecule has 0 bridgehead atoms. The number of benzene rings is 1. The van der Waals surface area contributed by atoms with E-state index < -0.39 is 11.8 Å². The normalized spacial score (nSPS) is 8.92. The van der Waals surface area contributed by atoms with Crippen LogP contribution in [0, 0.1) is 0 Å². The number of carbonyl (C=O) groups excluding carboxylic acids is 3. The average molecular weight is 177 g/mol. The number of imide groups is 1. The quantitative estimate of drug-likeness (QED) is 0.516. The summed E-state index contributed by atoms with van der Waals surface area (Å²) < 4.78 is 0. The Kier molecular flexibility index (Phi) is 2.92. The molecule has 0 saturated carbocycles. The van der Waals surface area contributed by atoms with Gasteiger partial charge in [0.25, 0.3) is 11.8 Å². The number of hydrogen-bond acceptors (Lipinski definition) is 3. The molecule has 0 spiro atoms. The van der Waals surface area contributed by atoms with Crippen molar-refractivity contribution in [2.24, 2.45) is 0 Å². The number of nitrogens with one attached hydrogen (secondary N) is 1. The molecule has 1 N–H and O–H groups in total. The predicted molar refractivity (Wildman–Crippen MR) is 45.0 cm³/mol. The second kappa shape index (κ2) is 4.15. The van der Waals surface area contributed by atoms with Crippen LogP contribution in [0.1, 0.15) is 10.4 Å². The molecule has 0 aromatic heterocycles. The molecule has 0 heterocycles. The van der Waals surface area contributed by atoms with E-state index >= 15 is 0 Å². The molecule has 2 amide bonds. The Morgan fingerprint density at radius 2 is 1.77 bits per heavy atom. The van der Waals surface area contributed by atoms with Crippen molar-refractivity contribution in [2.75, 3.05) is 0 Å². The number of rotatable bonds is 2. The predicted octanol–water partition coefficient (Wildman–Crippen LogP) is 0.142. The van der Waals surface area contributed by atoms with Gasteiger partial charge in [-0.25, -0.2) is 0 Å². The molecule has 1 rings (SSSR count). The fourth-order valence-electron chi connectivity index (χ4n) is 0.803. The number of aldehydes is 1. The molecule has 0 unspecified atom stereocenters. The lowest BCUT2D eigenvalue weighted by Gasteiger charge is -1.98. The minimum atomic E-state index is -0.936. The van der Waals surface area contributed by atoms with Gasteiger partial charge in [-0.3, -0.25) is 19.7 Å². The highest BCUT2D eigenvalue weighted by Crippen LogP contribution is 1.96. The lowest BCUT2D eigenvalue weighted by atomic mass is 10.2. The first-order valence-corrected chi connectivity index (χ1v) is 3.59. The standard InChI is InChI=1S/C9H7NO3/c11-6-8(12)10-9(13)7-4-2-1-3-5-7/h1-6H,(H,10,12,13). The fraction of sp³-hybridized carbons (Fsp3) is 0. The molecule has 0 aliphatic heterocycles. The maximum absolute atomic E-state index is 11.1. The van der Waals surface area contributed by atoms with Crippen LogP contribution in [0.4, 0.5) is 0 Å². The molecule has 4 nitrogen and oxygen atoms in total. The zero-order valence-electron chi connectivity index (χ0n) is 6.69. The molecule has 0 aliphatic carbocycles. The zero-order valence-corrected chi connectivity index (χ0v) is 6.69. The fourth-order valence-corrected chi connectivity index (χ4v) is 0.803. The van der Waals surface area contributed by atoms with Crippen LogP contribution in [-0.4, -0.2) is 18.1 Å². The van der Waals surface area contributed by atoms with Crippen molar-refractivity contribution < 1.29 is 14.4 Å². The van der Waals surface area contributed by atoms with Crippen LogP contribution in [-0.2, 0) is 9.59 Å². The molecular weight excluding hydrogens is 170 g/mol. The largest absolute Gasteiger partial charge is 0.292 e. The van der Waals surface area contributed by atoms with Gasteiger partial charge in [-0.15, -0.1) is 0 Å². The van der Waals surface area contributed by atoms with Gasteiger partial charge in [0.05, 0.1) is 0 Å². The van der Waals surface area contributed by atoms with Gasteiger partial charge >= 0.3 is 0 Å². The Balaban J connectivity index is 2.70. The van der Waals surface area contributed by atoms with E-state index in [0.29, 0.717) is 5.56 Å². The minimum absolute atomic E-state index is 0.0564. The molecular formula is C9H7NO3. The first-order chi connectivity index (χ1) is 6.24.